The smallest absolute Gasteiger partial charge is 0.331 e. The van der Waals surface area contributed by atoms with E-state index in [1.54, 1.807) is 13.8 Å². The van der Waals surface area contributed by atoms with Gasteiger partial charge in [-0.25, -0.2) is 4.79 Å². The number of carbonyl (C=O) groups excluding carboxylic acids is 1. The molecule has 0 aliphatic rings. The van der Waals surface area contributed by atoms with Gasteiger partial charge < -0.3 is 10.4 Å². The Labute approximate surface area is 119 Å². The van der Waals surface area contributed by atoms with Crippen molar-refractivity contribution in [1.29, 1.82) is 0 Å². The van der Waals surface area contributed by atoms with Crippen LogP contribution in [0, 0.1) is 5.41 Å². The van der Waals surface area contributed by atoms with Crippen molar-refractivity contribution in [2.24, 2.45) is 5.41 Å². The molecule has 0 radical (unpaired) electrons. The van der Waals surface area contributed by atoms with Crippen LogP contribution >= 0.6 is 0 Å². The van der Waals surface area contributed by atoms with E-state index >= 15 is 0 Å². The first-order valence-electron chi connectivity index (χ1n) is 6.61. The zero-order valence-corrected chi connectivity index (χ0v) is 12.7. The minimum Gasteiger partial charge on any atom is -0.479 e. The van der Waals surface area contributed by atoms with E-state index in [2.05, 4.69) is 31.2 Å². The van der Waals surface area contributed by atoms with Gasteiger partial charge in [-0.1, -0.05) is 20.8 Å². The molecule has 0 fully saturated rings. The van der Waals surface area contributed by atoms with E-state index in [4.69, 9.17) is 5.11 Å². The molecule has 112 valence electrons. The molecule has 6 heteroatoms. The van der Waals surface area contributed by atoms with Crippen molar-refractivity contribution in [3.05, 3.63) is 12.4 Å². The quantitative estimate of drug-likeness (QED) is 0.868. The Hall–Kier alpha value is -1.85. The van der Waals surface area contributed by atoms with E-state index in [0.717, 1.165) is 6.42 Å². The molecule has 0 aliphatic heterocycles. The third-order valence-corrected chi connectivity index (χ3v) is 3.06. The van der Waals surface area contributed by atoms with Crippen LogP contribution in [0.2, 0.25) is 0 Å². The lowest BCUT2D eigenvalue weighted by Crippen LogP contribution is -2.35. The number of hydrogen-bond acceptors (Lipinski definition) is 3. The average Bonchev–Trinajstić information content (AvgIpc) is 2.74. The molecule has 0 bridgehead atoms. The molecule has 1 aromatic rings. The average molecular weight is 281 g/mol. The maximum absolute atomic E-state index is 11.8. The molecule has 1 aromatic heterocycles. The Bertz CT molecular complexity index is 498. The van der Waals surface area contributed by atoms with Crippen molar-refractivity contribution >= 4 is 17.6 Å². The fraction of sp³-hybridized carbons (Fsp3) is 0.643. The molecule has 0 saturated carbocycles. The second-order valence-corrected chi connectivity index (χ2v) is 6.65. The summed E-state index contributed by atoms with van der Waals surface area (Å²) in [5.41, 5.74) is -0.528. The van der Waals surface area contributed by atoms with E-state index in [1.165, 1.54) is 17.1 Å². The number of aliphatic carboxylic acids is 1. The van der Waals surface area contributed by atoms with Crippen LogP contribution in [0.15, 0.2) is 12.4 Å². The highest BCUT2D eigenvalue weighted by atomic mass is 16.4. The summed E-state index contributed by atoms with van der Waals surface area (Å²) >= 11 is 0. The molecule has 0 atom stereocenters. The molecule has 0 aliphatic carbocycles. The van der Waals surface area contributed by atoms with Crippen LogP contribution in [0.25, 0.3) is 0 Å². The van der Waals surface area contributed by atoms with Crippen molar-refractivity contribution in [2.75, 3.05) is 5.32 Å². The van der Waals surface area contributed by atoms with Crippen LogP contribution in [-0.2, 0) is 15.1 Å². The molecule has 0 aromatic carbocycles. The molecule has 1 amide bonds. The molecule has 6 nitrogen and oxygen atoms in total. The van der Waals surface area contributed by atoms with Gasteiger partial charge in [-0.3, -0.25) is 9.48 Å². The number of amides is 1. The normalized spacial score (nSPS) is 12.2. The molecule has 1 heterocycles. The molecule has 2 N–H and O–H groups in total. The zero-order valence-electron chi connectivity index (χ0n) is 12.7. The minimum atomic E-state index is -1.14. The highest BCUT2D eigenvalue weighted by Gasteiger charge is 2.30. The Morgan fingerprint density at radius 1 is 1.30 bits per heavy atom. The van der Waals surface area contributed by atoms with Crippen LogP contribution in [0.5, 0.6) is 0 Å². The lowest BCUT2D eigenvalue weighted by atomic mass is 9.90. The number of anilines is 1. The minimum absolute atomic E-state index is 0.0902. The Morgan fingerprint density at radius 3 is 2.40 bits per heavy atom. The van der Waals surface area contributed by atoms with Gasteiger partial charge in [-0.2, -0.15) is 5.10 Å². The van der Waals surface area contributed by atoms with E-state index in [1.807, 2.05) is 0 Å². The van der Waals surface area contributed by atoms with E-state index in [-0.39, 0.29) is 11.3 Å². The Balaban J connectivity index is 2.65. The van der Waals surface area contributed by atoms with Crippen molar-refractivity contribution < 1.29 is 14.7 Å². The fourth-order valence-electron chi connectivity index (χ4n) is 1.50. The number of nitrogens with zero attached hydrogens (tertiary/aromatic N) is 2. The molecular weight excluding hydrogens is 258 g/mol. The maximum Gasteiger partial charge on any atom is 0.331 e. The van der Waals surface area contributed by atoms with E-state index < -0.39 is 11.5 Å². The van der Waals surface area contributed by atoms with Gasteiger partial charge in [0.1, 0.15) is 0 Å². The monoisotopic (exact) mass is 281 g/mol. The molecular formula is C14H23N3O3. The van der Waals surface area contributed by atoms with Crippen molar-refractivity contribution in [2.45, 2.75) is 53.0 Å². The summed E-state index contributed by atoms with van der Waals surface area (Å²) in [7, 11) is 0. The summed E-state index contributed by atoms with van der Waals surface area (Å²) in [4.78, 5) is 22.9. The second-order valence-electron chi connectivity index (χ2n) is 6.65. The van der Waals surface area contributed by atoms with Crippen molar-refractivity contribution in [3.8, 4) is 0 Å². The van der Waals surface area contributed by atoms with Crippen LogP contribution in [-0.4, -0.2) is 26.8 Å². The largest absolute Gasteiger partial charge is 0.479 e. The third-order valence-electron chi connectivity index (χ3n) is 3.06. The third kappa shape index (κ3) is 4.36. The van der Waals surface area contributed by atoms with Gasteiger partial charge in [0.05, 0.1) is 11.9 Å². The van der Waals surface area contributed by atoms with Gasteiger partial charge in [-0.15, -0.1) is 0 Å². The predicted octanol–water partition coefficient (Wildman–Crippen LogP) is 2.47. The fourth-order valence-corrected chi connectivity index (χ4v) is 1.50. The first kappa shape index (κ1) is 16.2. The molecule has 20 heavy (non-hydrogen) atoms. The molecule has 0 saturated heterocycles. The van der Waals surface area contributed by atoms with Gasteiger partial charge in [-0.05, 0) is 25.7 Å². The van der Waals surface area contributed by atoms with Gasteiger partial charge in [0.25, 0.3) is 0 Å². The summed E-state index contributed by atoms with van der Waals surface area (Å²) < 4.78 is 1.33. The summed E-state index contributed by atoms with van der Waals surface area (Å²) in [6, 6.07) is 0. The summed E-state index contributed by atoms with van der Waals surface area (Å²) in [6.45, 7) is 9.33. The van der Waals surface area contributed by atoms with Gasteiger partial charge in [0, 0.05) is 12.6 Å². The SMILES string of the molecule is CC(C)(C)CCC(=O)Nc1cnn(C(C)(C)C(=O)O)c1. The van der Waals surface area contributed by atoms with Gasteiger partial charge in [0.15, 0.2) is 5.54 Å². The lowest BCUT2D eigenvalue weighted by molar-refractivity contribution is -0.146. The number of carboxylic acids is 1. The van der Waals surface area contributed by atoms with Gasteiger partial charge >= 0.3 is 5.97 Å². The maximum atomic E-state index is 11.8. The van der Waals surface area contributed by atoms with Crippen LogP contribution in [0.1, 0.15) is 47.5 Å². The van der Waals surface area contributed by atoms with Crippen LogP contribution in [0.3, 0.4) is 0 Å². The van der Waals surface area contributed by atoms with Crippen LogP contribution in [0.4, 0.5) is 5.69 Å². The number of carboxylic acid groups (broad SMARTS) is 1. The van der Waals surface area contributed by atoms with Crippen LogP contribution < -0.4 is 5.32 Å². The Morgan fingerprint density at radius 2 is 1.90 bits per heavy atom. The standard InChI is InChI=1S/C14H23N3O3/c1-13(2,3)7-6-11(18)16-10-8-15-17(9-10)14(4,5)12(19)20/h8-9H,6-7H2,1-5H3,(H,16,18)(H,19,20). The summed E-state index contributed by atoms with van der Waals surface area (Å²) in [5.74, 6) is -1.07. The first-order chi connectivity index (χ1) is 9.02. The van der Waals surface area contributed by atoms with Crippen molar-refractivity contribution in [1.82, 2.24) is 9.78 Å². The lowest BCUT2D eigenvalue weighted by Gasteiger charge is -2.19. The first-order valence-corrected chi connectivity index (χ1v) is 6.61. The number of hydrogen-bond donors (Lipinski definition) is 2. The number of rotatable bonds is 5. The van der Waals surface area contributed by atoms with E-state index in [9.17, 15) is 9.59 Å². The second kappa shape index (κ2) is 5.64. The summed E-state index contributed by atoms with van der Waals surface area (Å²) in [6.07, 6.45) is 4.20. The molecule has 0 unspecified atom stereocenters. The highest BCUT2D eigenvalue weighted by molar-refractivity contribution is 5.90. The Kier molecular flexibility index (Phi) is 4.57. The number of aromatic nitrogens is 2. The summed E-state index contributed by atoms with van der Waals surface area (Å²) in [5, 5.41) is 15.8. The number of nitrogens with one attached hydrogen (secondary N) is 1. The number of carbonyl (C=O) groups is 2. The molecule has 1 rings (SSSR count). The zero-order chi connectivity index (χ0) is 15.6. The van der Waals surface area contributed by atoms with E-state index in [0.29, 0.717) is 12.1 Å². The topological polar surface area (TPSA) is 84.2 Å². The van der Waals surface area contributed by atoms with Crippen molar-refractivity contribution in [3.63, 3.8) is 0 Å². The highest BCUT2D eigenvalue weighted by Crippen LogP contribution is 2.21. The predicted molar refractivity (Wildman–Crippen MR) is 76.5 cm³/mol. The molecule has 0 spiro atoms. The van der Waals surface area contributed by atoms with Gasteiger partial charge in [0.2, 0.25) is 5.91 Å².